The van der Waals surface area contributed by atoms with E-state index in [-0.39, 0.29) is 25.7 Å². The van der Waals surface area contributed by atoms with Crippen LogP contribution in [0, 0.1) is 5.92 Å². The lowest BCUT2D eigenvalue weighted by Crippen LogP contribution is -2.59. The number of aliphatic carboxylic acids is 2. The number of aliphatic hydroxyl groups is 1. The molecule has 0 aromatic carbocycles. The van der Waals surface area contributed by atoms with Gasteiger partial charge in [-0.25, -0.2) is 4.79 Å². The van der Waals surface area contributed by atoms with Gasteiger partial charge in [-0.2, -0.15) is 0 Å². The van der Waals surface area contributed by atoms with Gasteiger partial charge in [0.1, 0.15) is 12.1 Å². The molecule has 0 saturated carbocycles. The molecule has 0 rings (SSSR count). The predicted molar refractivity (Wildman–Crippen MR) is 113 cm³/mol. The van der Waals surface area contributed by atoms with Gasteiger partial charge in [0, 0.05) is 12.8 Å². The van der Waals surface area contributed by atoms with Crippen molar-refractivity contribution in [1.82, 2.24) is 16.0 Å². The van der Waals surface area contributed by atoms with Crippen molar-refractivity contribution in [3.63, 3.8) is 0 Å². The monoisotopic (exact) mass is 475 g/mol. The molecule has 0 heterocycles. The van der Waals surface area contributed by atoms with Crippen LogP contribution >= 0.6 is 0 Å². The number of aliphatic hydroxyl groups excluding tert-OH is 1. The van der Waals surface area contributed by atoms with Crippen LogP contribution in [0.3, 0.4) is 0 Å². The second-order valence-corrected chi connectivity index (χ2v) is 7.90. The number of nitrogens with one attached hydrogen (secondary N) is 3. The van der Waals surface area contributed by atoms with Gasteiger partial charge >= 0.3 is 11.9 Å². The Morgan fingerprint density at radius 3 is 1.76 bits per heavy atom. The predicted octanol–water partition coefficient (Wildman–Crippen LogP) is -2.98. The minimum atomic E-state index is -1.67. The first kappa shape index (κ1) is 29.7. The van der Waals surface area contributed by atoms with Crippen molar-refractivity contribution in [2.45, 2.75) is 76.7 Å². The molecule has 0 aromatic rings. The number of carboxylic acid groups (broad SMARTS) is 2. The van der Waals surface area contributed by atoms with Crippen molar-refractivity contribution in [1.29, 1.82) is 0 Å². The van der Waals surface area contributed by atoms with E-state index in [1.165, 1.54) is 0 Å². The van der Waals surface area contributed by atoms with Crippen molar-refractivity contribution in [3.05, 3.63) is 0 Å². The van der Waals surface area contributed by atoms with Gasteiger partial charge in [-0.05, 0) is 25.7 Å². The summed E-state index contributed by atoms with van der Waals surface area (Å²) in [5, 5.41) is 34.2. The number of primary amides is 1. The summed E-state index contributed by atoms with van der Waals surface area (Å²) in [6.45, 7) is 4.34. The summed E-state index contributed by atoms with van der Waals surface area (Å²) in [6, 6.07) is -5.43. The maximum Gasteiger partial charge on any atom is 0.328 e. The number of rotatable bonds is 15. The molecule has 14 nitrogen and oxygen atoms in total. The number of carboxylic acids is 2. The van der Waals surface area contributed by atoms with Gasteiger partial charge in [0.25, 0.3) is 0 Å². The van der Waals surface area contributed by atoms with Crippen molar-refractivity contribution in [2.75, 3.05) is 0 Å². The third kappa shape index (κ3) is 11.2. The molecule has 0 fully saturated rings. The molecule has 4 amide bonds. The second kappa shape index (κ2) is 14.0. The Kier molecular flexibility index (Phi) is 12.6. The van der Waals surface area contributed by atoms with E-state index in [1.54, 1.807) is 13.8 Å². The lowest BCUT2D eigenvalue weighted by atomic mass is 10.0. The molecule has 0 aliphatic rings. The number of nitrogens with two attached hydrogens (primary N) is 2. The van der Waals surface area contributed by atoms with Gasteiger partial charge in [-0.3, -0.25) is 24.0 Å². The number of carbonyl (C=O) groups excluding carboxylic acids is 4. The first-order valence-electron chi connectivity index (χ1n) is 10.2. The van der Waals surface area contributed by atoms with Gasteiger partial charge in [-0.15, -0.1) is 0 Å². The molecular formula is C19H33N5O9. The number of hydrogen-bond acceptors (Lipinski definition) is 8. The topological polar surface area (TPSA) is 251 Å². The number of carbonyl (C=O) groups is 6. The zero-order chi connectivity index (χ0) is 25.9. The molecule has 10 N–H and O–H groups in total. The summed E-state index contributed by atoms with van der Waals surface area (Å²) < 4.78 is 0. The zero-order valence-corrected chi connectivity index (χ0v) is 18.7. The van der Waals surface area contributed by atoms with Gasteiger partial charge in [0.15, 0.2) is 6.04 Å². The zero-order valence-electron chi connectivity index (χ0n) is 18.7. The van der Waals surface area contributed by atoms with E-state index in [0.29, 0.717) is 0 Å². The van der Waals surface area contributed by atoms with Crippen LogP contribution in [0.15, 0.2) is 0 Å². The molecule has 0 spiro atoms. The Bertz CT molecular complexity index is 741. The summed E-state index contributed by atoms with van der Waals surface area (Å²) in [5.74, 6) is -6.49. The van der Waals surface area contributed by atoms with E-state index in [9.17, 15) is 33.9 Å². The number of hydrogen-bond donors (Lipinski definition) is 8. The second-order valence-electron chi connectivity index (χ2n) is 7.90. The smallest absolute Gasteiger partial charge is 0.328 e. The summed E-state index contributed by atoms with van der Waals surface area (Å²) in [6.07, 6.45) is -2.54. The SMILES string of the molecule is CC(C)C(NC(=O)C(N)CCC(=O)O)C(=O)NC(CCC(N)=O)C(=O)NC(C(=O)O)C(C)O. The minimum absolute atomic E-state index is 0.160. The molecule has 0 aliphatic carbocycles. The number of amides is 4. The molecule has 14 heteroatoms. The van der Waals surface area contributed by atoms with Crippen molar-refractivity contribution in [2.24, 2.45) is 17.4 Å². The Morgan fingerprint density at radius 2 is 1.33 bits per heavy atom. The molecule has 0 aromatic heterocycles. The van der Waals surface area contributed by atoms with Crippen LogP contribution in [0.2, 0.25) is 0 Å². The van der Waals surface area contributed by atoms with E-state index in [4.69, 9.17) is 21.7 Å². The van der Waals surface area contributed by atoms with E-state index >= 15 is 0 Å². The molecule has 33 heavy (non-hydrogen) atoms. The van der Waals surface area contributed by atoms with Gasteiger partial charge < -0.3 is 42.7 Å². The normalized spacial score (nSPS) is 15.5. The lowest BCUT2D eigenvalue weighted by molar-refractivity contribution is -0.145. The fraction of sp³-hybridized carbons (Fsp3) is 0.684. The average molecular weight is 475 g/mol. The highest BCUT2D eigenvalue weighted by molar-refractivity contribution is 5.94. The molecular weight excluding hydrogens is 442 g/mol. The fourth-order valence-corrected chi connectivity index (χ4v) is 2.66. The maximum atomic E-state index is 12.8. The van der Waals surface area contributed by atoms with Crippen molar-refractivity contribution in [3.8, 4) is 0 Å². The Morgan fingerprint density at radius 1 is 0.788 bits per heavy atom. The summed E-state index contributed by atoms with van der Waals surface area (Å²) in [5.41, 5.74) is 10.8. The largest absolute Gasteiger partial charge is 0.481 e. The molecule has 5 unspecified atom stereocenters. The van der Waals surface area contributed by atoms with Crippen LogP contribution in [-0.2, 0) is 28.8 Å². The molecule has 0 aliphatic heterocycles. The van der Waals surface area contributed by atoms with E-state index in [0.717, 1.165) is 6.92 Å². The summed E-state index contributed by atoms with van der Waals surface area (Å²) >= 11 is 0. The molecule has 0 bridgehead atoms. The van der Waals surface area contributed by atoms with E-state index < -0.39 is 71.8 Å². The standard InChI is InChI=1S/C19H33N5O9/c1-8(2)14(23-16(29)10(20)4-7-13(27)28)18(31)22-11(5-6-12(21)26)17(30)24-15(9(3)25)19(32)33/h8-11,14-15,25H,4-7,20H2,1-3H3,(H2,21,26)(H,22,31)(H,23,29)(H,24,30)(H,27,28)(H,32,33). The first-order chi connectivity index (χ1) is 15.2. The molecule has 188 valence electrons. The van der Waals surface area contributed by atoms with Crippen LogP contribution < -0.4 is 27.4 Å². The van der Waals surface area contributed by atoms with Gasteiger partial charge in [-0.1, -0.05) is 13.8 Å². The van der Waals surface area contributed by atoms with Crippen molar-refractivity contribution < 1.29 is 44.1 Å². The lowest BCUT2D eigenvalue weighted by Gasteiger charge is -2.27. The summed E-state index contributed by atoms with van der Waals surface area (Å²) in [7, 11) is 0. The van der Waals surface area contributed by atoms with Crippen LogP contribution in [0.1, 0.15) is 46.5 Å². The third-order valence-corrected chi connectivity index (χ3v) is 4.61. The molecule has 0 radical (unpaired) electrons. The minimum Gasteiger partial charge on any atom is -0.481 e. The van der Waals surface area contributed by atoms with Gasteiger partial charge in [0.2, 0.25) is 23.6 Å². The highest BCUT2D eigenvalue weighted by Crippen LogP contribution is 2.07. The third-order valence-electron chi connectivity index (χ3n) is 4.61. The average Bonchev–Trinajstić information content (AvgIpc) is 2.69. The van der Waals surface area contributed by atoms with Crippen molar-refractivity contribution >= 4 is 35.6 Å². The van der Waals surface area contributed by atoms with Gasteiger partial charge in [0.05, 0.1) is 12.1 Å². The van der Waals surface area contributed by atoms with Crippen LogP contribution in [0.25, 0.3) is 0 Å². The van der Waals surface area contributed by atoms with Crippen LogP contribution in [0.4, 0.5) is 0 Å². The van der Waals surface area contributed by atoms with E-state index in [2.05, 4.69) is 16.0 Å². The van der Waals surface area contributed by atoms with Crippen LogP contribution in [-0.4, -0.2) is 81.2 Å². The quantitative estimate of drug-likeness (QED) is 0.119. The van der Waals surface area contributed by atoms with Crippen LogP contribution in [0.5, 0.6) is 0 Å². The molecule has 0 saturated heterocycles. The molecule has 5 atom stereocenters. The highest BCUT2D eigenvalue weighted by Gasteiger charge is 2.33. The van der Waals surface area contributed by atoms with E-state index in [1.807, 2.05) is 0 Å². The first-order valence-corrected chi connectivity index (χ1v) is 10.2. The Labute approximate surface area is 190 Å². The summed E-state index contributed by atoms with van der Waals surface area (Å²) in [4.78, 5) is 70.7. The Hall–Kier alpha value is -3.26. The highest BCUT2D eigenvalue weighted by atomic mass is 16.4. The fourth-order valence-electron chi connectivity index (χ4n) is 2.66. The maximum absolute atomic E-state index is 12.8. The Balaban J connectivity index is 5.46.